The van der Waals surface area contributed by atoms with Crippen LogP contribution < -0.4 is 10.1 Å². The number of halogens is 1. The number of aromatic amines is 1. The number of nitrogens with zero attached hydrogens (tertiary/aromatic N) is 2. The molecule has 0 radical (unpaired) electrons. The van der Waals surface area contributed by atoms with Gasteiger partial charge in [0.1, 0.15) is 17.8 Å². The van der Waals surface area contributed by atoms with E-state index in [1.165, 1.54) is 0 Å². The first kappa shape index (κ1) is 17.4. The van der Waals surface area contributed by atoms with Crippen molar-refractivity contribution in [2.75, 3.05) is 0 Å². The fourth-order valence-corrected chi connectivity index (χ4v) is 3.12. The third kappa shape index (κ3) is 3.49. The van der Waals surface area contributed by atoms with Crippen molar-refractivity contribution in [2.45, 2.75) is 32.9 Å². The van der Waals surface area contributed by atoms with E-state index >= 15 is 0 Å². The summed E-state index contributed by atoms with van der Waals surface area (Å²) in [4.78, 5) is 15.3. The number of hydrogen-bond donors (Lipinski definition) is 2. The number of carbonyl (C=O) groups excluding carboxylic acids is 1. The number of amides is 1. The molecule has 1 aromatic carbocycles. The molecule has 0 saturated heterocycles. The topological polar surface area (TPSA) is 104 Å². The molecule has 2 heterocycles. The molecule has 0 bridgehead atoms. The van der Waals surface area contributed by atoms with Crippen LogP contribution in [0.25, 0.3) is 10.9 Å². The third-order valence-electron chi connectivity index (χ3n) is 4.61. The SMILES string of the molecule is Cc1cc(COc2cc3[nH]c(CNC(=O)C4(C#N)CC4)cc3cc2Cl)on1. The van der Waals surface area contributed by atoms with Gasteiger partial charge in [-0.1, -0.05) is 16.8 Å². The Labute approximate surface area is 160 Å². The number of nitrogens with one attached hydrogen (secondary N) is 2. The quantitative estimate of drug-likeness (QED) is 0.675. The smallest absolute Gasteiger partial charge is 0.240 e. The Bertz CT molecular complexity index is 1060. The number of hydrogen-bond acceptors (Lipinski definition) is 5. The minimum atomic E-state index is -0.824. The lowest BCUT2D eigenvalue weighted by Gasteiger charge is -2.06. The fraction of sp³-hybridized carbons (Fsp3) is 0.316. The first-order valence-corrected chi connectivity index (χ1v) is 8.92. The predicted molar refractivity (Wildman–Crippen MR) is 98.0 cm³/mol. The maximum Gasteiger partial charge on any atom is 0.240 e. The summed E-state index contributed by atoms with van der Waals surface area (Å²) in [6.07, 6.45) is 1.26. The number of nitriles is 1. The Hall–Kier alpha value is -2.98. The largest absolute Gasteiger partial charge is 0.484 e. The van der Waals surface area contributed by atoms with Crippen molar-refractivity contribution in [3.63, 3.8) is 0 Å². The lowest BCUT2D eigenvalue weighted by molar-refractivity contribution is -0.124. The molecule has 1 aliphatic rings. The maximum absolute atomic E-state index is 12.1. The summed E-state index contributed by atoms with van der Waals surface area (Å²) in [5, 5.41) is 17.1. The first-order valence-electron chi connectivity index (χ1n) is 8.55. The van der Waals surface area contributed by atoms with E-state index in [9.17, 15) is 4.79 Å². The van der Waals surface area contributed by atoms with Crippen molar-refractivity contribution in [3.8, 4) is 11.8 Å². The van der Waals surface area contributed by atoms with Crippen LogP contribution in [0.15, 0.2) is 28.8 Å². The van der Waals surface area contributed by atoms with Crippen LogP contribution in [-0.2, 0) is 17.9 Å². The second-order valence-electron chi connectivity index (χ2n) is 6.76. The van der Waals surface area contributed by atoms with Gasteiger partial charge < -0.3 is 19.6 Å². The van der Waals surface area contributed by atoms with Gasteiger partial charge in [0.2, 0.25) is 5.91 Å². The molecular weight excluding hydrogens is 368 g/mol. The van der Waals surface area contributed by atoms with Crippen molar-refractivity contribution in [1.82, 2.24) is 15.5 Å². The summed E-state index contributed by atoms with van der Waals surface area (Å²) in [6.45, 7) is 2.39. The van der Waals surface area contributed by atoms with Gasteiger partial charge in [-0.25, -0.2) is 0 Å². The van der Waals surface area contributed by atoms with E-state index in [2.05, 4.69) is 21.5 Å². The summed E-state index contributed by atoms with van der Waals surface area (Å²) >= 11 is 6.31. The van der Waals surface area contributed by atoms with Crippen LogP contribution in [0.5, 0.6) is 5.75 Å². The molecule has 2 aromatic heterocycles. The summed E-state index contributed by atoms with van der Waals surface area (Å²) in [5.74, 6) is 0.926. The summed E-state index contributed by atoms with van der Waals surface area (Å²) < 4.78 is 10.9. The van der Waals surface area contributed by atoms with E-state index in [4.69, 9.17) is 26.1 Å². The van der Waals surface area contributed by atoms with Gasteiger partial charge in [0.05, 0.1) is 23.3 Å². The Morgan fingerprint density at radius 3 is 2.93 bits per heavy atom. The van der Waals surface area contributed by atoms with Crippen LogP contribution in [0.3, 0.4) is 0 Å². The number of ether oxygens (including phenoxy) is 1. The standard InChI is InChI=1S/C19H17ClN4O3/c1-11-4-14(27-24-11)9-26-17-7-16-12(6-15(17)20)5-13(23-16)8-22-18(25)19(10-21)2-3-19/h4-7,23H,2-3,8-9H2,1H3,(H,22,25). The molecule has 8 heteroatoms. The highest BCUT2D eigenvalue weighted by atomic mass is 35.5. The van der Waals surface area contributed by atoms with Crippen molar-refractivity contribution < 1.29 is 14.1 Å². The lowest BCUT2D eigenvalue weighted by Crippen LogP contribution is -2.30. The Balaban J connectivity index is 1.46. The Morgan fingerprint density at radius 1 is 1.44 bits per heavy atom. The molecule has 1 fully saturated rings. The average Bonchev–Trinajstić information content (AvgIpc) is 3.20. The molecule has 27 heavy (non-hydrogen) atoms. The zero-order valence-electron chi connectivity index (χ0n) is 14.6. The van der Waals surface area contributed by atoms with Crippen LogP contribution in [-0.4, -0.2) is 16.0 Å². The van der Waals surface area contributed by atoms with E-state index in [0.717, 1.165) is 22.3 Å². The van der Waals surface area contributed by atoms with Crippen LogP contribution in [0.2, 0.25) is 5.02 Å². The van der Waals surface area contributed by atoms with Gasteiger partial charge in [0, 0.05) is 28.7 Å². The predicted octanol–water partition coefficient (Wildman–Crippen LogP) is 3.62. The highest BCUT2D eigenvalue weighted by Gasteiger charge is 2.50. The molecular formula is C19H17ClN4O3. The number of rotatable bonds is 6. The zero-order chi connectivity index (χ0) is 19.0. The van der Waals surface area contributed by atoms with Crippen LogP contribution in [0.4, 0.5) is 0 Å². The minimum Gasteiger partial charge on any atom is -0.484 e. The molecule has 0 atom stereocenters. The van der Waals surface area contributed by atoms with Gasteiger partial charge in [0.25, 0.3) is 0 Å². The van der Waals surface area contributed by atoms with Crippen LogP contribution >= 0.6 is 11.6 Å². The summed E-state index contributed by atoms with van der Waals surface area (Å²) in [7, 11) is 0. The maximum atomic E-state index is 12.1. The molecule has 3 aromatic rings. The Kier molecular flexibility index (Phi) is 4.28. The van der Waals surface area contributed by atoms with E-state index in [-0.39, 0.29) is 12.5 Å². The van der Waals surface area contributed by atoms with Crippen molar-refractivity contribution in [2.24, 2.45) is 5.41 Å². The molecule has 138 valence electrons. The highest BCUT2D eigenvalue weighted by molar-refractivity contribution is 6.32. The van der Waals surface area contributed by atoms with Crippen LogP contribution in [0.1, 0.15) is 30.0 Å². The number of H-pyrrole nitrogens is 1. The summed E-state index contributed by atoms with van der Waals surface area (Å²) in [5.41, 5.74) is 1.63. The van der Waals surface area contributed by atoms with Crippen molar-refractivity contribution in [3.05, 3.63) is 46.4 Å². The van der Waals surface area contributed by atoms with E-state index < -0.39 is 5.41 Å². The minimum absolute atomic E-state index is 0.215. The fourth-order valence-electron chi connectivity index (χ4n) is 2.89. The van der Waals surface area contributed by atoms with Gasteiger partial charge in [-0.2, -0.15) is 5.26 Å². The zero-order valence-corrected chi connectivity index (χ0v) is 15.4. The normalized spacial score (nSPS) is 14.7. The number of aromatic nitrogens is 2. The third-order valence-corrected chi connectivity index (χ3v) is 4.91. The van der Waals surface area contributed by atoms with Crippen molar-refractivity contribution >= 4 is 28.4 Å². The molecule has 0 unspecified atom stereocenters. The Morgan fingerprint density at radius 2 is 2.26 bits per heavy atom. The van der Waals surface area contributed by atoms with E-state index in [1.54, 1.807) is 12.1 Å². The average molecular weight is 385 g/mol. The summed E-state index contributed by atoms with van der Waals surface area (Å²) in [6, 6.07) is 9.42. The first-order chi connectivity index (χ1) is 13.0. The number of fused-ring (bicyclic) bond motifs is 1. The lowest BCUT2D eigenvalue weighted by atomic mass is 10.1. The molecule has 4 rings (SSSR count). The molecule has 1 aliphatic carbocycles. The molecule has 7 nitrogen and oxygen atoms in total. The molecule has 0 spiro atoms. The van der Waals surface area contributed by atoms with Gasteiger partial charge >= 0.3 is 0 Å². The molecule has 1 saturated carbocycles. The second kappa shape index (κ2) is 6.63. The highest BCUT2D eigenvalue weighted by Crippen LogP contribution is 2.45. The molecule has 0 aliphatic heterocycles. The van der Waals surface area contributed by atoms with Gasteiger partial charge in [-0.3, -0.25) is 4.79 Å². The van der Waals surface area contributed by atoms with Gasteiger partial charge in [-0.05, 0) is 31.9 Å². The van der Waals surface area contributed by atoms with E-state index in [1.807, 2.05) is 19.1 Å². The van der Waals surface area contributed by atoms with Crippen molar-refractivity contribution in [1.29, 1.82) is 5.26 Å². The number of benzene rings is 1. The second-order valence-corrected chi connectivity index (χ2v) is 7.17. The van der Waals surface area contributed by atoms with E-state index in [0.29, 0.717) is 35.9 Å². The van der Waals surface area contributed by atoms with Gasteiger partial charge in [0.15, 0.2) is 5.76 Å². The number of carbonyl (C=O) groups is 1. The monoisotopic (exact) mass is 384 g/mol. The molecule has 2 N–H and O–H groups in total. The number of aryl methyl sites for hydroxylation is 1. The van der Waals surface area contributed by atoms with Crippen LogP contribution in [0, 0.1) is 23.7 Å². The van der Waals surface area contributed by atoms with Gasteiger partial charge in [-0.15, -0.1) is 0 Å². The molecule has 1 amide bonds.